The molecule has 1 nitrogen and oxygen atoms in total. The van der Waals surface area contributed by atoms with Crippen molar-refractivity contribution < 1.29 is 0 Å². The van der Waals surface area contributed by atoms with Gasteiger partial charge in [-0.05, 0) is 30.2 Å². The minimum atomic E-state index is 0.534. The molecule has 1 aromatic carbocycles. The summed E-state index contributed by atoms with van der Waals surface area (Å²) in [4.78, 5) is 0. The Morgan fingerprint density at radius 3 is 2.57 bits per heavy atom. The monoisotopic (exact) mass is 275 g/mol. The summed E-state index contributed by atoms with van der Waals surface area (Å²) in [5, 5.41) is 3.37. The maximum absolute atomic E-state index is 5.71. The lowest BCUT2D eigenvalue weighted by molar-refractivity contribution is 0.557. The molecular formula is C11H15BrClN. The van der Waals surface area contributed by atoms with Crippen molar-refractivity contribution in [3.05, 3.63) is 34.3 Å². The van der Waals surface area contributed by atoms with Crippen LogP contribution >= 0.6 is 27.5 Å². The van der Waals surface area contributed by atoms with Gasteiger partial charge in [-0.25, -0.2) is 0 Å². The van der Waals surface area contributed by atoms with E-state index in [-0.39, 0.29) is 0 Å². The second kappa shape index (κ2) is 6.44. The van der Waals surface area contributed by atoms with Crippen molar-refractivity contribution in [2.75, 3.05) is 12.4 Å². The maximum atomic E-state index is 5.71. The fourth-order valence-electron chi connectivity index (χ4n) is 1.12. The number of halogens is 2. The van der Waals surface area contributed by atoms with Gasteiger partial charge in [-0.15, -0.1) is 11.6 Å². The van der Waals surface area contributed by atoms with Crippen molar-refractivity contribution in [3.63, 3.8) is 0 Å². The third kappa shape index (κ3) is 4.45. The van der Waals surface area contributed by atoms with Gasteiger partial charge in [0, 0.05) is 16.9 Å². The van der Waals surface area contributed by atoms with Crippen LogP contribution < -0.4 is 5.32 Å². The predicted octanol–water partition coefficient (Wildman–Crippen LogP) is 3.41. The van der Waals surface area contributed by atoms with Crippen LogP contribution in [0.5, 0.6) is 0 Å². The zero-order valence-electron chi connectivity index (χ0n) is 8.26. The van der Waals surface area contributed by atoms with E-state index in [1.807, 2.05) is 0 Å². The Hall–Kier alpha value is -0.0500. The molecule has 0 saturated heterocycles. The fraction of sp³-hybridized carbons (Fsp3) is 0.455. The summed E-state index contributed by atoms with van der Waals surface area (Å²) < 4.78 is 1.12. The highest BCUT2D eigenvalue weighted by atomic mass is 79.9. The van der Waals surface area contributed by atoms with Crippen LogP contribution in [0, 0.1) is 5.92 Å². The molecule has 0 radical (unpaired) electrons. The van der Waals surface area contributed by atoms with Crippen LogP contribution in [0.1, 0.15) is 12.5 Å². The predicted molar refractivity (Wildman–Crippen MR) is 65.7 cm³/mol. The highest BCUT2D eigenvalue weighted by Gasteiger charge is 1.98. The van der Waals surface area contributed by atoms with E-state index in [1.54, 1.807) is 0 Å². The van der Waals surface area contributed by atoms with Gasteiger partial charge in [0.1, 0.15) is 0 Å². The smallest absolute Gasteiger partial charge is 0.0261 e. The summed E-state index contributed by atoms with van der Waals surface area (Å²) in [6.45, 7) is 4.02. The molecule has 1 aromatic rings. The van der Waals surface area contributed by atoms with Crippen LogP contribution in [-0.4, -0.2) is 12.4 Å². The van der Waals surface area contributed by atoms with E-state index < -0.39 is 0 Å². The maximum Gasteiger partial charge on any atom is 0.0261 e. The lowest BCUT2D eigenvalue weighted by atomic mass is 10.2. The molecule has 14 heavy (non-hydrogen) atoms. The zero-order chi connectivity index (χ0) is 10.4. The van der Waals surface area contributed by atoms with Gasteiger partial charge >= 0.3 is 0 Å². The van der Waals surface area contributed by atoms with E-state index in [2.05, 4.69) is 52.4 Å². The molecule has 0 aliphatic carbocycles. The summed E-state index contributed by atoms with van der Waals surface area (Å²) in [5.74, 6) is 1.25. The highest BCUT2D eigenvalue weighted by Crippen LogP contribution is 2.10. The molecule has 0 bridgehead atoms. The summed E-state index contributed by atoms with van der Waals surface area (Å²) in [6, 6.07) is 8.34. The molecule has 1 atom stereocenters. The molecular weight excluding hydrogens is 261 g/mol. The molecule has 1 unspecified atom stereocenters. The Bertz CT molecular complexity index is 260. The number of hydrogen-bond acceptors (Lipinski definition) is 1. The molecule has 0 spiro atoms. The van der Waals surface area contributed by atoms with Gasteiger partial charge in [-0.1, -0.05) is 35.0 Å². The average Bonchev–Trinajstić information content (AvgIpc) is 2.21. The van der Waals surface area contributed by atoms with Crippen LogP contribution in [0.4, 0.5) is 0 Å². The molecule has 0 aliphatic rings. The van der Waals surface area contributed by atoms with Crippen molar-refractivity contribution in [3.8, 4) is 0 Å². The second-order valence-corrected chi connectivity index (χ2v) is 4.74. The van der Waals surface area contributed by atoms with Gasteiger partial charge in [0.2, 0.25) is 0 Å². The summed E-state index contributed by atoms with van der Waals surface area (Å²) in [5.41, 5.74) is 1.30. The lowest BCUT2D eigenvalue weighted by Gasteiger charge is -2.09. The van der Waals surface area contributed by atoms with E-state index in [0.717, 1.165) is 17.6 Å². The van der Waals surface area contributed by atoms with Crippen molar-refractivity contribution in [1.82, 2.24) is 5.32 Å². The lowest BCUT2D eigenvalue weighted by Crippen LogP contribution is -2.21. The number of hydrogen-bond donors (Lipinski definition) is 1. The third-order valence-corrected chi connectivity index (χ3v) is 3.05. The topological polar surface area (TPSA) is 12.0 Å². The van der Waals surface area contributed by atoms with Crippen molar-refractivity contribution >= 4 is 27.5 Å². The first-order valence-electron chi connectivity index (χ1n) is 4.73. The van der Waals surface area contributed by atoms with Crippen molar-refractivity contribution in [1.29, 1.82) is 0 Å². The average molecular weight is 277 g/mol. The Morgan fingerprint density at radius 1 is 1.36 bits per heavy atom. The molecule has 0 aromatic heterocycles. The minimum absolute atomic E-state index is 0.534. The molecule has 0 amide bonds. The largest absolute Gasteiger partial charge is 0.312 e. The van der Waals surface area contributed by atoms with Crippen LogP contribution in [0.15, 0.2) is 28.7 Å². The van der Waals surface area contributed by atoms with Gasteiger partial charge in [-0.2, -0.15) is 0 Å². The van der Waals surface area contributed by atoms with E-state index in [9.17, 15) is 0 Å². The first kappa shape index (κ1) is 12.0. The molecule has 0 aliphatic heterocycles. The molecule has 0 heterocycles. The Balaban J connectivity index is 2.28. The quantitative estimate of drug-likeness (QED) is 0.813. The standard InChI is InChI=1S/C11H15BrClN/c1-9(6-13)7-14-8-10-2-4-11(12)5-3-10/h2-5,9,14H,6-8H2,1H3. The molecule has 3 heteroatoms. The summed E-state index contributed by atoms with van der Waals surface area (Å²) in [6.07, 6.45) is 0. The fourth-order valence-corrected chi connectivity index (χ4v) is 1.49. The number of rotatable bonds is 5. The normalized spacial score (nSPS) is 12.8. The van der Waals surface area contributed by atoms with E-state index in [4.69, 9.17) is 11.6 Å². The first-order valence-corrected chi connectivity index (χ1v) is 6.06. The summed E-state index contributed by atoms with van der Waals surface area (Å²) >= 11 is 9.12. The SMILES string of the molecule is CC(CCl)CNCc1ccc(Br)cc1. The van der Waals surface area contributed by atoms with Gasteiger partial charge in [-0.3, -0.25) is 0 Å². The zero-order valence-corrected chi connectivity index (χ0v) is 10.6. The first-order chi connectivity index (χ1) is 6.72. The highest BCUT2D eigenvalue weighted by molar-refractivity contribution is 9.10. The second-order valence-electron chi connectivity index (χ2n) is 3.52. The van der Waals surface area contributed by atoms with Gasteiger partial charge in [0.15, 0.2) is 0 Å². The Labute approximate surface area is 99.0 Å². The van der Waals surface area contributed by atoms with Crippen LogP contribution in [0.25, 0.3) is 0 Å². The molecule has 0 saturated carbocycles. The minimum Gasteiger partial charge on any atom is -0.312 e. The number of alkyl halides is 1. The van der Waals surface area contributed by atoms with Gasteiger partial charge in [0.05, 0.1) is 0 Å². The van der Waals surface area contributed by atoms with Crippen LogP contribution in [0.3, 0.4) is 0 Å². The molecule has 1 rings (SSSR count). The van der Waals surface area contributed by atoms with Crippen LogP contribution in [0.2, 0.25) is 0 Å². The number of nitrogens with one attached hydrogen (secondary N) is 1. The molecule has 1 N–H and O–H groups in total. The van der Waals surface area contributed by atoms with Gasteiger partial charge < -0.3 is 5.32 Å². The third-order valence-electron chi connectivity index (χ3n) is 2.00. The van der Waals surface area contributed by atoms with Gasteiger partial charge in [0.25, 0.3) is 0 Å². The van der Waals surface area contributed by atoms with E-state index in [1.165, 1.54) is 5.56 Å². The Kier molecular flexibility index (Phi) is 5.53. The summed E-state index contributed by atoms with van der Waals surface area (Å²) in [7, 11) is 0. The molecule has 0 fully saturated rings. The number of benzene rings is 1. The van der Waals surface area contributed by atoms with E-state index >= 15 is 0 Å². The van der Waals surface area contributed by atoms with E-state index in [0.29, 0.717) is 11.8 Å². The van der Waals surface area contributed by atoms with Crippen LogP contribution in [-0.2, 0) is 6.54 Å². The molecule has 78 valence electrons. The van der Waals surface area contributed by atoms with Crippen molar-refractivity contribution in [2.45, 2.75) is 13.5 Å². The van der Waals surface area contributed by atoms with Crippen molar-refractivity contribution in [2.24, 2.45) is 5.92 Å². The Morgan fingerprint density at radius 2 is 2.00 bits per heavy atom.